The van der Waals surface area contributed by atoms with Gasteiger partial charge in [0.25, 0.3) is 5.56 Å². The predicted octanol–water partition coefficient (Wildman–Crippen LogP) is 4.48. The zero-order chi connectivity index (χ0) is 19.3. The van der Waals surface area contributed by atoms with Gasteiger partial charge >= 0.3 is 0 Å². The third-order valence-corrected chi connectivity index (χ3v) is 5.79. The summed E-state index contributed by atoms with van der Waals surface area (Å²) in [5.74, 6) is 0.471. The summed E-state index contributed by atoms with van der Waals surface area (Å²) in [6.45, 7) is 3.76. The number of rotatable bonds is 5. The van der Waals surface area contributed by atoms with Gasteiger partial charge in [0.1, 0.15) is 0 Å². The number of nitrogens with zero attached hydrogens (tertiary/aromatic N) is 3. The van der Waals surface area contributed by atoms with Gasteiger partial charge in [-0.25, -0.2) is 4.68 Å². The fourth-order valence-corrected chi connectivity index (χ4v) is 4.12. The van der Waals surface area contributed by atoms with E-state index in [-0.39, 0.29) is 5.56 Å². The molecule has 0 bridgehead atoms. The molecular weight excluding hydrogens is 370 g/mol. The molecule has 1 aliphatic rings. The van der Waals surface area contributed by atoms with E-state index in [2.05, 4.69) is 40.3 Å². The minimum Gasteiger partial charge on any atom is -0.299 e. The van der Waals surface area contributed by atoms with Crippen molar-refractivity contribution in [3.8, 4) is 11.1 Å². The van der Waals surface area contributed by atoms with Crippen LogP contribution in [0.2, 0.25) is 5.02 Å². The first-order chi connectivity index (χ1) is 13.7. The van der Waals surface area contributed by atoms with Crippen LogP contribution in [0.3, 0.4) is 0 Å². The van der Waals surface area contributed by atoms with Gasteiger partial charge in [-0.2, -0.15) is 5.10 Å². The summed E-state index contributed by atoms with van der Waals surface area (Å²) in [5.41, 5.74) is 2.67. The Kier molecular flexibility index (Phi) is 5.89. The SMILES string of the molecule is O=c1c(-c2ccccc2Cl)ccnn1CC1CCN(Cc2ccccc2)CC1. The molecule has 0 saturated carbocycles. The van der Waals surface area contributed by atoms with Crippen LogP contribution in [0.15, 0.2) is 71.7 Å². The van der Waals surface area contributed by atoms with Crippen molar-refractivity contribution < 1.29 is 0 Å². The van der Waals surface area contributed by atoms with Gasteiger partial charge in [0.05, 0.1) is 5.56 Å². The van der Waals surface area contributed by atoms with E-state index in [0.29, 0.717) is 23.0 Å². The first-order valence-electron chi connectivity index (χ1n) is 9.78. The lowest BCUT2D eigenvalue weighted by Gasteiger charge is -2.32. The number of piperidine rings is 1. The van der Waals surface area contributed by atoms with Crippen molar-refractivity contribution in [2.45, 2.75) is 25.9 Å². The zero-order valence-corrected chi connectivity index (χ0v) is 16.6. The summed E-state index contributed by atoms with van der Waals surface area (Å²) in [6.07, 6.45) is 3.86. The topological polar surface area (TPSA) is 38.1 Å². The van der Waals surface area contributed by atoms with Gasteiger partial charge in [-0.3, -0.25) is 9.69 Å². The van der Waals surface area contributed by atoms with Crippen LogP contribution >= 0.6 is 11.6 Å². The van der Waals surface area contributed by atoms with Gasteiger partial charge in [-0.05, 0) is 49.5 Å². The van der Waals surface area contributed by atoms with Crippen LogP contribution in [-0.4, -0.2) is 27.8 Å². The summed E-state index contributed by atoms with van der Waals surface area (Å²) in [5, 5.41) is 4.91. The second-order valence-electron chi connectivity index (χ2n) is 7.42. The van der Waals surface area contributed by atoms with Crippen molar-refractivity contribution in [3.63, 3.8) is 0 Å². The molecule has 5 heteroatoms. The van der Waals surface area contributed by atoms with Crippen molar-refractivity contribution in [3.05, 3.63) is 87.8 Å². The Morgan fingerprint density at radius 1 is 0.929 bits per heavy atom. The first-order valence-corrected chi connectivity index (χ1v) is 10.2. The number of hydrogen-bond acceptors (Lipinski definition) is 3. The monoisotopic (exact) mass is 393 g/mol. The van der Waals surface area contributed by atoms with Crippen LogP contribution in [-0.2, 0) is 13.1 Å². The molecular formula is C23H24ClN3O. The molecule has 4 nitrogen and oxygen atoms in total. The molecule has 1 aliphatic heterocycles. The lowest BCUT2D eigenvalue weighted by molar-refractivity contribution is 0.163. The highest BCUT2D eigenvalue weighted by atomic mass is 35.5. The van der Waals surface area contributed by atoms with Crippen LogP contribution in [0.4, 0.5) is 0 Å². The maximum absolute atomic E-state index is 12.9. The van der Waals surface area contributed by atoms with E-state index in [1.807, 2.05) is 24.3 Å². The molecule has 0 aliphatic carbocycles. The molecule has 0 N–H and O–H groups in total. The summed E-state index contributed by atoms with van der Waals surface area (Å²) < 4.78 is 1.61. The lowest BCUT2D eigenvalue weighted by atomic mass is 9.96. The molecule has 1 fully saturated rings. The summed E-state index contributed by atoms with van der Waals surface area (Å²) in [6, 6.07) is 19.8. The Hall–Kier alpha value is -2.43. The first kappa shape index (κ1) is 18.9. The van der Waals surface area contributed by atoms with Crippen molar-refractivity contribution in [1.29, 1.82) is 0 Å². The smallest absolute Gasteiger partial charge is 0.274 e. The van der Waals surface area contributed by atoms with Gasteiger partial charge < -0.3 is 0 Å². The Balaban J connectivity index is 1.41. The highest BCUT2D eigenvalue weighted by Gasteiger charge is 2.21. The minimum absolute atomic E-state index is 0.0673. The van der Waals surface area contributed by atoms with E-state index in [4.69, 9.17) is 11.6 Å². The summed E-state index contributed by atoms with van der Waals surface area (Å²) >= 11 is 6.28. The number of halogens is 1. The van der Waals surface area contributed by atoms with Crippen molar-refractivity contribution in [1.82, 2.24) is 14.7 Å². The number of benzene rings is 2. The van der Waals surface area contributed by atoms with Gasteiger partial charge in [0.2, 0.25) is 0 Å². The molecule has 144 valence electrons. The van der Waals surface area contributed by atoms with Crippen LogP contribution in [0, 0.1) is 5.92 Å². The van der Waals surface area contributed by atoms with E-state index in [9.17, 15) is 4.79 Å². The lowest BCUT2D eigenvalue weighted by Crippen LogP contribution is -2.36. The maximum atomic E-state index is 12.9. The molecule has 2 heterocycles. The molecule has 0 unspecified atom stereocenters. The average Bonchev–Trinajstić information content (AvgIpc) is 2.72. The molecule has 2 aromatic carbocycles. The van der Waals surface area contributed by atoms with Gasteiger partial charge in [-0.15, -0.1) is 0 Å². The maximum Gasteiger partial charge on any atom is 0.274 e. The zero-order valence-electron chi connectivity index (χ0n) is 15.8. The third kappa shape index (κ3) is 4.34. The number of hydrogen-bond donors (Lipinski definition) is 0. The summed E-state index contributed by atoms with van der Waals surface area (Å²) in [7, 11) is 0. The molecule has 28 heavy (non-hydrogen) atoms. The van der Waals surface area contributed by atoms with Crippen molar-refractivity contribution >= 4 is 11.6 Å². The molecule has 0 atom stereocenters. The molecule has 4 rings (SSSR count). The Morgan fingerprint density at radius 2 is 1.64 bits per heavy atom. The van der Waals surface area contributed by atoms with Crippen molar-refractivity contribution in [2.24, 2.45) is 5.92 Å². The number of aromatic nitrogens is 2. The molecule has 0 amide bonds. The predicted molar refractivity (Wildman–Crippen MR) is 113 cm³/mol. The van der Waals surface area contributed by atoms with Crippen LogP contribution in [0.5, 0.6) is 0 Å². The van der Waals surface area contributed by atoms with Gasteiger partial charge in [-0.1, -0.05) is 60.1 Å². The van der Waals surface area contributed by atoms with E-state index >= 15 is 0 Å². The number of likely N-dealkylation sites (tertiary alicyclic amines) is 1. The highest BCUT2D eigenvalue weighted by Crippen LogP contribution is 2.25. The Labute approximate surface area is 170 Å². The fourth-order valence-electron chi connectivity index (χ4n) is 3.88. The standard InChI is InChI=1S/C23H24ClN3O/c24-22-9-5-4-8-20(22)21-10-13-25-27(23(21)28)17-19-11-14-26(15-12-19)16-18-6-2-1-3-7-18/h1-10,13,19H,11-12,14-17H2. The summed E-state index contributed by atoms with van der Waals surface area (Å²) in [4.78, 5) is 15.4. The van der Waals surface area contributed by atoms with Crippen LogP contribution < -0.4 is 5.56 Å². The second-order valence-corrected chi connectivity index (χ2v) is 7.82. The molecule has 3 aromatic rings. The van der Waals surface area contributed by atoms with Crippen LogP contribution in [0.25, 0.3) is 11.1 Å². The van der Waals surface area contributed by atoms with E-state index in [0.717, 1.165) is 38.0 Å². The van der Waals surface area contributed by atoms with Crippen molar-refractivity contribution in [2.75, 3.05) is 13.1 Å². The van der Waals surface area contributed by atoms with Crippen LogP contribution in [0.1, 0.15) is 18.4 Å². The molecule has 0 spiro atoms. The Bertz CT molecular complexity index is 978. The molecule has 1 aromatic heterocycles. The van der Waals surface area contributed by atoms with E-state index in [1.54, 1.807) is 16.9 Å². The molecule has 0 radical (unpaired) electrons. The van der Waals surface area contributed by atoms with E-state index in [1.165, 1.54) is 5.56 Å². The van der Waals surface area contributed by atoms with E-state index < -0.39 is 0 Å². The third-order valence-electron chi connectivity index (χ3n) is 5.46. The van der Waals surface area contributed by atoms with Gasteiger partial charge in [0.15, 0.2) is 0 Å². The average molecular weight is 394 g/mol. The normalized spacial score (nSPS) is 15.6. The molecule has 1 saturated heterocycles. The quantitative estimate of drug-likeness (QED) is 0.641. The fraction of sp³-hybridized carbons (Fsp3) is 0.304. The largest absolute Gasteiger partial charge is 0.299 e. The Morgan fingerprint density at radius 3 is 2.39 bits per heavy atom. The van der Waals surface area contributed by atoms with Gasteiger partial charge in [0, 0.05) is 29.9 Å². The minimum atomic E-state index is -0.0673. The second kappa shape index (κ2) is 8.72. The highest BCUT2D eigenvalue weighted by molar-refractivity contribution is 6.33.